The molecule has 3 saturated heterocycles. The first-order chi connectivity index (χ1) is 20.1. The third-order valence-corrected chi connectivity index (χ3v) is 8.45. The molecule has 9 atom stereocenters. The summed E-state index contributed by atoms with van der Waals surface area (Å²) in [7, 11) is -4.90. The van der Waals surface area contributed by atoms with Gasteiger partial charge in [-0.25, -0.2) is 24.5 Å². The summed E-state index contributed by atoms with van der Waals surface area (Å²) in [6.45, 7) is -0.489. The highest BCUT2D eigenvalue weighted by atomic mass is 31.2. The number of aromatic amines is 1. The molecule has 0 amide bonds. The lowest BCUT2D eigenvalue weighted by Gasteiger charge is -2.26. The van der Waals surface area contributed by atoms with E-state index in [0.717, 1.165) is 0 Å². The predicted octanol–water partition coefficient (Wildman–Crippen LogP) is -1.86. The summed E-state index contributed by atoms with van der Waals surface area (Å²) in [5, 5.41) is 22.2. The van der Waals surface area contributed by atoms with E-state index in [1.54, 1.807) is 0 Å². The standard InChI is InChI=1S/C21H25N10O10P/c22-14-9-15(25-4-24-14)30(5-26-9)18-11(32)7-1-2-37-20-12(33)13(41-42(35,36)38-3-8(7)39-18)19(40-20)31-6-27-10-16(31)28-21(23)29-17(10)34/h4-8,11-13,18-20,32-33H,1-3H2,(H,35,36)(H2,22,24,25)(H3,23,28,29,34)/t7-,8?,11-,12-,13-,18-,19-,20?/m1/s1. The fourth-order valence-corrected chi connectivity index (χ4v) is 6.43. The third-order valence-electron chi connectivity index (χ3n) is 7.47. The highest BCUT2D eigenvalue weighted by Gasteiger charge is 2.52. The molecule has 42 heavy (non-hydrogen) atoms. The monoisotopic (exact) mass is 608 g/mol. The Morgan fingerprint density at radius 3 is 2.57 bits per heavy atom. The van der Waals surface area contributed by atoms with Crippen LogP contribution in [0.1, 0.15) is 18.9 Å². The van der Waals surface area contributed by atoms with Gasteiger partial charge in [-0.05, 0) is 6.42 Å². The summed E-state index contributed by atoms with van der Waals surface area (Å²) in [6, 6.07) is 0. The first kappa shape index (κ1) is 27.3. The number of nitrogens with zero attached hydrogens (tertiary/aromatic N) is 7. The maximum atomic E-state index is 13.1. The Labute approximate surface area is 233 Å². The van der Waals surface area contributed by atoms with E-state index in [-0.39, 0.29) is 36.0 Å². The number of aliphatic hydroxyl groups excluding tert-OH is 2. The number of aliphatic hydroxyl groups is 2. The van der Waals surface area contributed by atoms with Gasteiger partial charge in [-0.15, -0.1) is 0 Å². The van der Waals surface area contributed by atoms with Crippen molar-refractivity contribution in [2.24, 2.45) is 5.92 Å². The molecule has 4 aromatic rings. The molecule has 0 radical (unpaired) electrons. The molecule has 4 aromatic heterocycles. The van der Waals surface area contributed by atoms with Crippen LogP contribution < -0.4 is 17.0 Å². The van der Waals surface area contributed by atoms with E-state index in [4.69, 9.17) is 34.7 Å². The number of phosphoric ester groups is 1. The van der Waals surface area contributed by atoms with Crippen LogP contribution in [0.4, 0.5) is 11.8 Å². The molecular formula is C21H25N10O10P. The first-order valence-corrected chi connectivity index (χ1v) is 14.2. The van der Waals surface area contributed by atoms with Gasteiger partial charge in [0.05, 0.1) is 32.0 Å². The zero-order chi connectivity index (χ0) is 29.3. The van der Waals surface area contributed by atoms with Crippen LogP contribution in [0.3, 0.4) is 0 Å². The van der Waals surface area contributed by atoms with E-state index in [9.17, 15) is 24.5 Å². The van der Waals surface area contributed by atoms with Gasteiger partial charge in [0.25, 0.3) is 5.56 Å². The lowest BCUT2D eigenvalue weighted by atomic mass is 9.95. The van der Waals surface area contributed by atoms with Crippen LogP contribution in [0.2, 0.25) is 0 Å². The maximum absolute atomic E-state index is 13.1. The van der Waals surface area contributed by atoms with Crippen molar-refractivity contribution in [3.8, 4) is 0 Å². The second-order valence-electron chi connectivity index (χ2n) is 9.96. The molecule has 3 fully saturated rings. The number of rotatable bonds is 2. The summed E-state index contributed by atoms with van der Waals surface area (Å²) >= 11 is 0. The zero-order valence-corrected chi connectivity index (χ0v) is 22.3. The fraction of sp³-hybridized carbons (Fsp3) is 0.524. The van der Waals surface area contributed by atoms with E-state index in [1.165, 1.54) is 28.1 Å². The van der Waals surface area contributed by atoms with Gasteiger partial charge in [0.15, 0.2) is 41.4 Å². The van der Waals surface area contributed by atoms with Gasteiger partial charge >= 0.3 is 7.82 Å². The maximum Gasteiger partial charge on any atom is 0.472 e. The number of hydrogen-bond donors (Lipinski definition) is 6. The molecule has 0 aromatic carbocycles. The molecule has 3 unspecified atom stereocenters. The van der Waals surface area contributed by atoms with Gasteiger partial charge < -0.3 is 40.8 Å². The number of aromatic nitrogens is 8. The number of nitrogens with two attached hydrogens (primary N) is 2. The van der Waals surface area contributed by atoms with Crippen LogP contribution in [0.5, 0.6) is 0 Å². The van der Waals surface area contributed by atoms with E-state index in [0.29, 0.717) is 11.2 Å². The van der Waals surface area contributed by atoms with Crippen LogP contribution >= 0.6 is 7.82 Å². The number of imidazole rings is 2. The van der Waals surface area contributed by atoms with Crippen molar-refractivity contribution < 1.29 is 42.9 Å². The topological polar surface area (TPSA) is 283 Å². The Bertz CT molecular complexity index is 1760. The molecular weight excluding hydrogens is 583 g/mol. The number of phosphoric acid groups is 1. The largest absolute Gasteiger partial charge is 0.472 e. The Hall–Kier alpha value is -3.59. The number of fused-ring (bicyclic) bond motifs is 5. The number of nitrogens with one attached hydrogen (secondary N) is 1. The Balaban J connectivity index is 1.17. The van der Waals surface area contributed by atoms with E-state index >= 15 is 0 Å². The van der Waals surface area contributed by atoms with Crippen LogP contribution in [-0.2, 0) is 27.8 Å². The lowest BCUT2D eigenvalue weighted by molar-refractivity contribution is -0.178. The number of hydrogen-bond acceptors (Lipinski definition) is 16. The minimum Gasteiger partial charge on any atom is -0.388 e. The van der Waals surface area contributed by atoms with Crippen LogP contribution in [0, 0.1) is 5.92 Å². The number of nitrogen functional groups attached to an aromatic ring is 2. The molecule has 224 valence electrons. The van der Waals surface area contributed by atoms with Gasteiger partial charge in [0.2, 0.25) is 5.95 Å². The molecule has 3 aliphatic rings. The third kappa shape index (κ3) is 4.44. The van der Waals surface area contributed by atoms with Crippen LogP contribution in [-0.4, -0.2) is 98.1 Å². The smallest absolute Gasteiger partial charge is 0.388 e. The number of anilines is 2. The predicted molar refractivity (Wildman–Crippen MR) is 137 cm³/mol. The summed E-state index contributed by atoms with van der Waals surface area (Å²) in [5.74, 6) is -0.717. The molecule has 21 heteroatoms. The molecule has 0 saturated carbocycles. The lowest BCUT2D eigenvalue weighted by Crippen LogP contribution is -2.37. The van der Waals surface area contributed by atoms with Gasteiger partial charge in [0, 0.05) is 5.92 Å². The SMILES string of the molecule is Nc1nc2c(ncn2[C@@H]2OC3OCC[C@@H]4C(COP(=O)(O)O[C@@H]2[C@H]3O)O[C@@H](n2cnc3c(N)ncnc32)[C@@H]4O)c(=O)[nH]1. The molecule has 3 aliphatic heterocycles. The summed E-state index contributed by atoms with van der Waals surface area (Å²) < 4.78 is 44.2. The van der Waals surface area contributed by atoms with Crippen molar-refractivity contribution in [2.75, 3.05) is 24.7 Å². The van der Waals surface area contributed by atoms with E-state index in [2.05, 4.69) is 29.9 Å². The quantitative estimate of drug-likeness (QED) is 0.136. The summed E-state index contributed by atoms with van der Waals surface area (Å²) in [4.78, 5) is 45.6. The Morgan fingerprint density at radius 2 is 1.76 bits per heavy atom. The second-order valence-corrected chi connectivity index (χ2v) is 11.4. The normalized spacial score (nSPS) is 35.7. The van der Waals surface area contributed by atoms with E-state index in [1.807, 2.05) is 0 Å². The van der Waals surface area contributed by atoms with Crippen molar-refractivity contribution in [3.63, 3.8) is 0 Å². The molecule has 20 nitrogen and oxygen atoms in total. The first-order valence-electron chi connectivity index (χ1n) is 12.7. The second kappa shape index (κ2) is 10.0. The van der Waals surface area contributed by atoms with Crippen molar-refractivity contribution in [2.45, 2.75) is 49.6 Å². The summed E-state index contributed by atoms with van der Waals surface area (Å²) in [5.41, 5.74) is 11.5. The average Bonchev–Trinajstić information content (AvgIpc) is 3.69. The van der Waals surface area contributed by atoms with Gasteiger partial charge in [-0.2, -0.15) is 4.98 Å². The highest BCUT2D eigenvalue weighted by Crippen LogP contribution is 2.51. The Morgan fingerprint density at radius 1 is 1.00 bits per heavy atom. The van der Waals surface area contributed by atoms with Gasteiger partial charge in [0.1, 0.15) is 30.2 Å². The fourth-order valence-electron chi connectivity index (χ4n) is 5.49. The van der Waals surface area contributed by atoms with Gasteiger partial charge in [-0.3, -0.25) is 28.0 Å². The Kier molecular flexibility index (Phi) is 6.49. The van der Waals surface area contributed by atoms with Crippen molar-refractivity contribution in [1.82, 2.24) is 39.0 Å². The van der Waals surface area contributed by atoms with Crippen molar-refractivity contribution in [3.05, 3.63) is 29.3 Å². The average molecular weight is 608 g/mol. The van der Waals surface area contributed by atoms with Crippen LogP contribution in [0.25, 0.3) is 22.3 Å². The molecule has 7 rings (SSSR count). The molecule has 7 heterocycles. The number of H-pyrrole nitrogens is 1. The molecule has 0 spiro atoms. The van der Waals surface area contributed by atoms with Crippen molar-refractivity contribution >= 4 is 41.9 Å². The summed E-state index contributed by atoms with van der Waals surface area (Å²) in [6.07, 6.45) is -4.78. The molecule has 0 aliphatic carbocycles. The van der Waals surface area contributed by atoms with Gasteiger partial charge in [-0.1, -0.05) is 0 Å². The van der Waals surface area contributed by atoms with Crippen LogP contribution in [0.15, 0.2) is 23.8 Å². The molecule has 8 N–H and O–H groups in total. The zero-order valence-electron chi connectivity index (χ0n) is 21.4. The minimum absolute atomic E-state index is 0.0168. The highest BCUT2D eigenvalue weighted by molar-refractivity contribution is 7.47. The van der Waals surface area contributed by atoms with Crippen molar-refractivity contribution in [1.29, 1.82) is 0 Å². The number of ether oxygens (including phenoxy) is 3. The van der Waals surface area contributed by atoms with E-state index < -0.39 is 69.1 Å². The minimum atomic E-state index is -4.90. The molecule has 2 bridgehead atoms.